The molecule has 0 nitrogen and oxygen atoms in total. The summed E-state index contributed by atoms with van der Waals surface area (Å²) in [6.45, 7) is 25.4. The van der Waals surface area contributed by atoms with Crippen LogP contribution in [0.25, 0.3) is 0 Å². The van der Waals surface area contributed by atoms with E-state index < -0.39 is 0 Å². The van der Waals surface area contributed by atoms with E-state index in [2.05, 4.69) is 104 Å². The molecule has 0 bridgehead atoms. The van der Waals surface area contributed by atoms with E-state index in [-0.39, 0.29) is 16.2 Å². The van der Waals surface area contributed by atoms with Crippen molar-refractivity contribution in [2.24, 2.45) is 16.2 Å². The number of rotatable bonds is 1. The molecule has 0 aliphatic heterocycles. The van der Waals surface area contributed by atoms with Gasteiger partial charge >= 0.3 is 0 Å². The van der Waals surface area contributed by atoms with Crippen molar-refractivity contribution in [3.8, 4) is 23.7 Å². The molecule has 0 atom stereocenters. The summed E-state index contributed by atoms with van der Waals surface area (Å²) in [5.41, 5.74) is 9.35. The minimum Gasteiger partial charge on any atom is -0.0925 e. The van der Waals surface area contributed by atoms with Crippen molar-refractivity contribution >= 4 is 0 Å². The fourth-order valence-corrected chi connectivity index (χ4v) is 2.37. The molecule has 0 saturated heterocycles. The molecule has 0 rings (SSSR count). The molecule has 0 N–H and O–H groups in total. The van der Waals surface area contributed by atoms with Crippen LogP contribution in [0.15, 0.2) is 34.8 Å². The first-order valence-corrected chi connectivity index (χ1v) is 8.10. The largest absolute Gasteiger partial charge is 0.0925 e. The maximum atomic E-state index is 3.74. The predicted molar refractivity (Wildman–Crippen MR) is 103 cm³/mol. The Hall–Kier alpha value is -1.84. The first kappa shape index (κ1) is 21.2. The lowest BCUT2D eigenvalue weighted by molar-refractivity contribution is 0.423. The minimum atomic E-state index is -0.0790. The summed E-state index contributed by atoms with van der Waals surface area (Å²) >= 11 is 0. The summed E-state index contributed by atoms with van der Waals surface area (Å²) in [5, 5.41) is 0. The van der Waals surface area contributed by atoms with Gasteiger partial charge in [-0.25, -0.2) is 0 Å². The molecule has 0 aromatic carbocycles. The summed E-state index contributed by atoms with van der Waals surface area (Å²) in [6, 6.07) is 0. The van der Waals surface area contributed by atoms with E-state index in [1.807, 2.05) is 0 Å². The highest BCUT2D eigenvalue weighted by Crippen LogP contribution is 2.45. The highest BCUT2D eigenvalue weighted by molar-refractivity contribution is 5.52. The van der Waals surface area contributed by atoms with E-state index in [1.165, 1.54) is 5.57 Å². The van der Waals surface area contributed by atoms with E-state index in [1.54, 1.807) is 6.92 Å². The van der Waals surface area contributed by atoms with Crippen LogP contribution >= 0.6 is 0 Å². The molecule has 0 saturated carbocycles. The molecule has 0 aliphatic rings. The number of hydrogen-bond acceptors (Lipinski definition) is 0. The van der Waals surface area contributed by atoms with Gasteiger partial charge in [-0.05, 0) is 47.2 Å². The van der Waals surface area contributed by atoms with Gasteiger partial charge in [0.25, 0.3) is 0 Å². The van der Waals surface area contributed by atoms with Crippen LogP contribution in [-0.2, 0) is 0 Å². The third kappa shape index (κ3) is 6.43. The van der Waals surface area contributed by atoms with Crippen molar-refractivity contribution in [3.63, 3.8) is 0 Å². The lowest BCUT2D eigenvalue weighted by Crippen LogP contribution is -2.25. The topological polar surface area (TPSA) is 0 Å². The third-order valence-electron chi connectivity index (χ3n) is 3.34. The van der Waals surface area contributed by atoms with E-state index >= 15 is 0 Å². The second kappa shape index (κ2) is 7.62. The molecule has 124 valence electrons. The third-order valence-corrected chi connectivity index (χ3v) is 3.34. The van der Waals surface area contributed by atoms with E-state index in [9.17, 15) is 0 Å². The fraction of sp³-hybridized carbons (Fsp3) is 0.565. The van der Waals surface area contributed by atoms with Gasteiger partial charge in [0.15, 0.2) is 0 Å². The molecule has 0 aromatic heterocycles. The predicted octanol–water partition coefficient (Wildman–Crippen LogP) is 6.31. The Kier molecular flexibility index (Phi) is 7.01. The van der Waals surface area contributed by atoms with Crippen molar-refractivity contribution in [1.29, 1.82) is 0 Å². The molecule has 0 radical (unpaired) electrons. The lowest BCUT2D eigenvalue weighted by atomic mass is 9.67. The Bertz CT molecular complexity index is 668. The first-order valence-electron chi connectivity index (χ1n) is 8.10. The quantitative estimate of drug-likeness (QED) is 0.302. The van der Waals surface area contributed by atoms with Gasteiger partial charge in [0.2, 0.25) is 0 Å². The molecular formula is C23H32. The van der Waals surface area contributed by atoms with Crippen molar-refractivity contribution in [2.45, 2.75) is 69.2 Å². The van der Waals surface area contributed by atoms with Gasteiger partial charge in [0, 0.05) is 11.1 Å². The highest BCUT2D eigenvalue weighted by atomic mass is 14.4. The van der Waals surface area contributed by atoms with Crippen LogP contribution < -0.4 is 0 Å². The maximum Gasteiger partial charge on any atom is 0.0131 e. The summed E-state index contributed by atoms with van der Waals surface area (Å²) < 4.78 is 0. The summed E-state index contributed by atoms with van der Waals surface area (Å²) in [6.07, 6.45) is 0. The first-order chi connectivity index (χ1) is 10.3. The van der Waals surface area contributed by atoms with Crippen LogP contribution in [0, 0.1) is 39.9 Å². The minimum absolute atomic E-state index is 0.0661. The van der Waals surface area contributed by atoms with Crippen LogP contribution in [-0.4, -0.2) is 0 Å². The van der Waals surface area contributed by atoms with Gasteiger partial charge in [0.05, 0.1) is 0 Å². The summed E-state index contributed by atoms with van der Waals surface area (Å²) in [4.78, 5) is 0. The van der Waals surface area contributed by atoms with Crippen molar-refractivity contribution in [3.05, 3.63) is 34.8 Å². The van der Waals surface area contributed by atoms with Crippen LogP contribution in [0.5, 0.6) is 0 Å². The zero-order valence-electron chi connectivity index (χ0n) is 16.7. The molecule has 0 unspecified atom stereocenters. The van der Waals surface area contributed by atoms with E-state index in [0.717, 1.165) is 11.1 Å². The van der Waals surface area contributed by atoms with Gasteiger partial charge in [-0.1, -0.05) is 85.6 Å². The van der Waals surface area contributed by atoms with E-state index in [4.69, 9.17) is 0 Å². The zero-order chi connectivity index (χ0) is 18.5. The van der Waals surface area contributed by atoms with Crippen LogP contribution in [0.4, 0.5) is 0 Å². The van der Waals surface area contributed by atoms with Crippen LogP contribution in [0.3, 0.4) is 0 Å². The average Bonchev–Trinajstić information content (AvgIpc) is 2.32. The molecule has 0 aliphatic carbocycles. The zero-order valence-corrected chi connectivity index (χ0v) is 16.7. The van der Waals surface area contributed by atoms with Gasteiger partial charge in [-0.2, -0.15) is 0 Å². The molecule has 0 spiro atoms. The Balaban J connectivity index is 7.12. The van der Waals surface area contributed by atoms with Crippen molar-refractivity contribution < 1.29 is 0 Å². The normalized spacial score (nSPS) is 12.6. The SMILES string of the molecule is C=C=C=C(/C(=C(/C#CC#CC)C(C)(C)C)C(C)(C)C)C(C)(C)C. The van der Waals surface area contributed by atoms with Crippen LogP contribution in [0.1, 0.15) is 69.2 Å². The molecular weight excluding hydrogens is 276 g/mol. The molecule has 0 fully saturated rings. The monoisotopic (exact) mass is 308 g/mol. The average molecular weight is 309 g/mol. The Morgan fingerprint density at radius 2 is 1.26 bits per heavy atom. The maximum absolute atomic E-state index is 3.74. The molecule has 0 amide bonds. The molecule has 0 heteroatoms. The van der Waals surface area contributed by atoms with Crippen LogP contribution in [0.2, 0.25) is 0 Å². The molecule has 23 heavy (non-hydrogen) atoms. The number of hydrogen-bond donors (Lipinski definition) is 0. The Labute approximate surface area is 144 Å². The van der Waals surface area contributed by atoms with E-state index in [0.29, 0.717) is 0 Å². The van der Waals surface area contributed by atoms with Gasteiger partial charge in [-0.3, -0.25) is 0 Å². The summed E-state index contributed by atoms with van der Waals surface area (Å²) in [5.74, 6) is 12.0. The standard InChI is InChI=1S/C23H32/c1-12-14-15-17-19(22(6,7)8)20(23(9,10)11)18(16-13-2)21(3,4)5/h2H2,1,3-11H3/b20-19+. The second-order valence-electron chi connectivity index (χ2n) is 8.80. The number of allylic oxidation sites excluding steroid dienone is 3. The van der Waals surface area contributed by atoms with Gasteiger partial charge < -0.3 is 0 Å². The molecule has 0 heterocycles. The molecule has 0 aromatic rings. The summed E-state index contributed by atoms with van der Waals surface area (Å²) in [7, 11) is 0. The van der Waals surface area contributed by atoms with Gasteiger partial charge in [-0.15, -0.1) is 0 Å². The Morgan fingerprint density at radius 1 is 0.739 bits per heavy atom. The fourth-order valence-electron chi connectivity index (χ4n) is 2.37. The van der Waals surface area contributed by atoms with Gasteiger partial charge in [0.1, 0.15) is 0 Å². The van der Waals surface area contributed by atoms with Crippen molar-refractivity contribution in [2.75, 3.05) is 0 Å². The second-order valence-corrected chi connectivity index (χ2v) is 8.80. The highest BCUT2D eigenvalue weighted by Gasteiger charge is 2.34. The Morgan fingerprint density at radius 3 is 1.57 bits per heavy atom. The van der Waals surface area contributed by atoms with Crippen molar-refractivity contribution in [1.82, 2.24) is 0 Å². The smallest absolute Gasteiger partial charge is 0.0131 e. The lowest BCUT2D eigenvalue weighted by Gasteiger charge is -2.36.